The summed E-state index contributed by atoms with van der Waals surface area (Å²) in [4.78, 5) is 28.9. The van der Waals surface area contributed by atoms with E-state index in [2.05, 4.69) is 15.3 Å². The van der Waals surface area contributed by atoms with Crippen molar-refractivity contribution in [2.45, 2.75) is 13.0 Å². The molecule has 0 saturated carbocycles. The van der Waals surface area contributed by atoms with Crippen molar-refractivity contribution in [3.63, 3.8) is 0 Å². The molecule has 0 fully saturated rings. The predicted molar refractivity (Wildman–Crippen MR) is 112 cm³/mol. The highest BCUT2D eigenvalue weighted by molar-refractivity contribution is 5.53. The molecule has 2 aromatic heterocycles. The molecule has 0 radical (unpaired) electrons. The topological polar surface area (TPSA) is 102 Å². The largest absolute Gasteiger partial charge is 0.492 e. The van der Waals surface area contributed by atoms with E-state index >= 15 is 0 Å². The van der Waals surface area contributed by atoms with Gasteiger partial charge in [-0.2, -0.15) is 0 Å². The van der Waals surface area contributed by atoms with Gasteiger partial charge in [0, 0.05) is 29.9 Å². The molecule has 2 aromatic carbocycles. The predicted octanol–water partition coefficient (Wildman–Crippen LogP) is 3.22. The Balaban J connectivity index is 1.32. The number of oxazole rings is 1. The molecular weight excluding hydrogens is 422 g/mol. The SMILES string of the molecule is O=c1ccn(CCOc2ccc(Nc3ncc(Cc4c(F)cccc4F)o3)cc2)c(=O)[nH]1. The van der Waals surface area contributed by atoms with E-state index < -0.39 is 22.9 Å². The van der Waals surface area contributed by atoms with Crippen molar-refractivity contribution in [3.8, 4) is 5.75 Å². The van der Waals surface area contributed by atoms with Crippen LogP contribution in [0.3, 0.4) is 0 Å². The minimum absolute atomic E-state index is 0.0572. The van der Waals surface area contributed by atoms with Crippen LogP contribution in [-0.2, 0) is 13.0 Å². The zero-order chi connectivity index (χ0) is 22.5. The number of hydrogen-bond acceptors (Lipinski definition) is 6. The summed E-state index contributed by atoms with van der Waals surface area (Å²) in [5.41, 5.74) is -0.364. The highest BCUT2D eigenvalue weighted by Gasteiger charge is 2.12. The summed E-state index contributed by atoms with van der Waals surface area (Å²) in [6.45, 7) is 0.506. The van der Waals surface area contributed by atoms with Crippen LogP contribution < -0.4 is 21.3 Å². The van der Waals surface area contributed by atoms with Gasteiger partial charge in [0.25, 0.3) is 11.6 Å². The van der Waals surface area contributed by atoms with Gasteiger partial charge in [0.2, 0.25) is 0 Å². The first-order chi connectivity index (χ1) is 15.5. The van der Waals surface area contributed by atoms with E-state index in [9.17, 15) is 18.4 Å². The molecule has 4 aromatic rings. The number of nitrogens with zero attached hydrogens (tertiary/aromatic N) is 2. The number of H-pyrrole nitrogens is 1. The Hall–Kier alpha value is -4.21. The number of rotatable bonds is 8. The Morgan fingerprint density at radius 3 is 2.53 bits per heavy atom. The van der Waals surface area contributed by atoms with Crippen LogP contribution in [0.25, 0.3) is 0 Å². The fourth-order valence-corrected chi connectivity index (χ4v) is 2.96. The Morgan fingerprint density at radius 1 is 1.06 bits per heavy atom. The second-order valence-electron chi connectivity index (χ2n) is 6.81. The molecular formula is C22H18F2N4O4. The van der Waals surface area contributed by atoms with Crippen molar-refractivity contribution in [2.75, 3.05) is 11.9 Å². The minimum Gasteiger partial charge on any atom is -0.492 e. The molecule has 0 saturated heterocycles. The summed E-state index contributed by atoms with van der Waals surface area (Å²) < 4.78 is 40.0. The molecule has 0 aliphatic heterocycles. The van der Waals surface area contributed by atoms with Crippen molar-refractivity contribution in [1.29, 1.82) is 0 Å². The molecule has 0 bridgehead atoms. The Kier molecular flexibility index (Phi) is 6.11. The van der Waals surface area contributed by atoms with Gasteiger partial charge in [-0.25, -0.2) is 18.6 Å². The molecule has 164 valence electrons. The monoisotopic (exact) mass is 440 g/mol. The van der Waals surface area contributed by atoms with Gasteiger partial charge in [-0.15, -0.1) is 0 Å². The molecule has 0 aliphatic carbocycles. The summed E-state index contributed by atoms with van der Waals surface area (Å²) in [5.74, 6) is -0.390. The second kappa shape index (κ2) is 9.29. The standard InChI is InChI=1S/C22H18F2N4O4/c23-18-2-1-3-19(24)17(18)12-16-13-25-21(32-16)26-14-4-6-15(7-5-14)31-11-10-28-9-8-20(29)27-22(28)30/h1-9,13H,10-12H2,(H,25,26)(H,27,29,30). The van der Waals surface area contributed by atoms with Crippen molar-refractivity contribution >= 4 is 11.7 Å². The maximum atomic E-state index is 13.8. The number of ether oxygens (including phenoxy) is 1. The summed E-state index contributed by atoms with van der Waals surface area (Å²) in [5, 5.41) is 2.96. The minimum atomic E-state index is -0.642. The van der Waals surface area contributed by atoms with Crippen molar-refractivity contribution in [1.82, 2.24) is 14.5 Å². The molecule has 10 heteroatoms. The van der Waals surface area contributed by atoms with Crippen LogP contribution in [0.4, 0.5) is 20.5 Å². The van der Waals surface area contributed by atoms with Crippen molar-refractivity contribution in [3.05, 3.63) is 105 Å². The smallest absolute Gasteiger partial charge is 0.328 e. The lowest BCUT2D eigenvalue weighted by Gasteiger charge is -2.08. The Morgan fingerprint density at radius 2 is 1.81 bits per heavy atom. The van der Waals surface area contributed by atoms with Crippen LogP contribution in [0.15, 0.2) is 74.9 Å². The first kappa shape index (κ1) is 21.0. The molecule has 4 rings (SSSR count). The molecule has 2 N–H and O–H groups in total. The number of aromatic nitrogens is 3. The van der Waals surface area contributed by atoms with E-state index in [4.69, 9.17) is 9.15 Å². The Bertz CT molecular complexity index is 1310. The molecule has 0 unspecified atom stereocenters. The maximum absolute atomic E-state index is 13.8. The first-order valence-corrected chi connectivity index (χ1v) is 9.65. The van der Waals surface area contributed by atoms with E-state index in [-0.39, 0.29) is 31.2 Å². The van der Waals surface area contributed by atoms with Crippen LogP contribution in [0.1, 0.15) is 11.3 Å². The summed E-state index contributed by atoms with van der Waals surface area (Å²) in [6.07, 6.45) is 2.76. The molecule has 0 aliphatic rings. The van der Waals surface area contributed by atoms with Gasteiger partial charge in [0.05, 0.1) is 12.7 Å². The molecule has 2 heterocycles. The van der Waals surface area contributed by atoms with Crippen LogP contribution >= 0.6 is 0 Å². The third-order valence-corrected chi connectivity index (χ3v) is 4.57. The number of nitrogens with one attached hydrogen (secondary N) is 2. The van der Waals surface area contributed by atoms with Crippen molar-refractivity contribution in [2.24, 2.45) is 0 Å². The number of anilines is 2. The van der Waals surface area contributed by atoms with Crippen LogP contribution in [0.2, 0.25) is 0 Å². The third kappa shape index (κ3) is 5.09. The lowest BCUT2D eigenvalue weighted by Crippen LogP contribution is -2.30. The normalized spacial score (nSPS) is 10.8. The second-order valence-corrected chi connectivity index (χ2v) is 6.81. The van der Waals surface area contributed by atoms with Gasteiger partial charge in [-0.3, -0.25) is 14.3 Å². The lowest BCUT2D eigenvalue weighted by atomic mass is 10.1. The van der Waals surface area contributed by atoms with Crippen LogP contribution in [0.5, 0.6) is 5.75 Å². The number of benzene rings is 2. The highest BCUT2D eigenvalue weighted by Crippen LogP contribution is 2.22. The number of hydrogen-bond donors (Lipinski definition) is 2. The average Bonchev–Trinajstić information content (AvgIpc) is 3.20. The molecule has 0 atom stereocenters. The van der Waals surface area contributed by atoms with E-state index in [1.54, 1.807) is 24.3 Å². The third-order valence-electron chi connectivity index (χ3n) is 4.57. The molecule has 0 spiro atoms. The summed E-state index contributed by atoms with van der Waals surface area (Å²) in [6, 6.07) is 12.0. The van der Waals surface area contributed by atoms with Gasteiger partial charge >= 0.3 is 5.69 Å². The van der Waals surface area contributed by atoms with E-state index in [0.29, 0.717) is 17.2 Å². The molecule has 32 heavy (non-hydrogen) atoms. The van der Waals surface area contributed by atoms with E-state index in [0.717, 1.165) is 0 Å². The number of aromatic amines is 1. The fourth-order valence-electron chi connectivity index (χ4n) is 2.96. The lowest BCUT2D eigenvalue weighted by molar-refractivity contribution is 0.295. The van der Waals surface area contributed by atoms with Gasteiger partial charge in [0.1, 0.15) is 29.8 Å². The molecule has 0 amide bonds. The highest BCUT2D eigenvalue weighted by atomic mass is 19.1. The van der Waals surface area contributed by atoms with Gasteiger partial charge < -0.3 is 14.5 Å². The number of halogens is 2. The molecule has 8 nitrogen and oxygen atoms in total. The maximum Gasteiger partial charge on any atom is 0.328 e. The van der Waals surface area contributed by atoms with Crippen LogP contribution in [-0.4, -0.2) is 21.1 Å². The zero-order valence-corrected chi connectivity index (χ0v) is 16.7. The van der Waals surface area contributed by atoms with Gasteiger partial charge in [-0.1, -0.05) is 6.07 Å². The summed E-state index contributed by atoms with van der Waals surface area (Å²) in [7, 11) is 0. The van der Waals surface area contributed by atoms with E-state index in [1.807, 2.05) is 0 Å². The van der Waals surface area contributed by atoms with E-state index in [1.165, 1.54) is 41.2 Å². The average molecular weight is 440 g/mol. The van der Waals surface area contributed by atoms with Crippen LogP contribution in [0, 0.1) is 11.6 Å². The Labute approximate surface area is 180 Å². The van der Waals surface area contributed by atoms with Gasteiger partial charge in [-0.05, 0) is 36.4 Å². The van der Waals surface area contributed by atoms with Gasteiger partial charge in [0.15, 0.2) is 0 Å². The fraction of sp³-hybridized carbons (Fsp3) is 0.136. The zero-order valence-electron chi connectivity index (χ0n) is 16.7. The van der Waals surface area contributed by atoms with Crippen molar-refractivity contribution < 1.29 is 17.9 Å². The quantitative estimate of drug-likeness (QED) is 0.436. The first-order valence-electron chi connectivity index (χ1n) is 9.65. The summed E-state index contributed by atoms with van der Waals surface area (Å²) >= 11 is 0.